The summed E-state index contributed by atoms with van der Waals surface area (Å²) in [7, 11) is -5.83. The first-order valence-electron chi connectivity index (χ1n) is 7.51. The van der Waals surface area contributed by atoms with E-state index in [1.165, 1.54) is 0 Å². The molecular weight excluding hydrogens is 327 g/mol. The first-order valence-corrected chi connectivity index (χ1v) is 10.9. The first-order chi connectivity index (χ1) is 10.8. The first kappa shape index (κ1) is 18.1. The molecule has 0 aliphatic rings. The molecule has 124 valence electrons. The fraction of sp³-hybridized carbons (Fsp3) is 0.294. The Morgan fingerprint density at radius 1 is 0.957 bits per heavy atom. The van der Waals surface area contributed by atoms with E-state index in [9.17, 15) is 9.46 Å². The van der Waals surface area contributed by atoms with Crippen LogP contribution in [0.15, 0.2) is 60.7 Å². The van der Waals surface area contributed by atoms with Crippen molar-refractivity contribution in [2.24, 2.45) is 0 Å². The zero-order valence-electron chi connectivity index (χ0n) is 13.7. The fourth-order valence-electron chi connectivity index (χ4n) is 2.26. The summed E-state index contributed by atoms with van der Waals surface area (Å²) in [6.07, 6.45) is -0.301. The molecule has 0 bridgehead atoms. The molecule has 0 aromatic heterocycles. The second-order valence-corrected chi connectivity index (χ2v) is 10.5. The normalized spacial score (nSPS) is 14.7. The molecule has 0 spiro atoms. The Balaban J connectivity index is 2.18. The quantitative estimate of drug-likeness (QED) is 0.642. The van der Waals surface area contributed by atoms with Crippen molar-refractivity contribution in [3.63, 3.8) is 0 Å². The molecule has 1 N–H and O–H groups in total. The average molecular weight is 350 g/mol. The van der Waals surface area contributed by atoms with Gasteiger partial charge in [-0.2, -0.15) is 0 Å². The Bertz CT molecular complexity index is 616. The number of rotatable bonds is 6. The molecule has 0 radical (unpaired) electrons. The van der Waals surface area contributed by atoms with Gasteiger partial charge in [0, 0.05) is 0 Å². The molecule has 0 amide bonds. The van der Waals surface area contributed by atoms with Crippen molar-refractivity contribution in [3.05, 3.63) is 60.7 Å². The van der Waals surface area contributed by atoms with Crippen molar-refractivity contribution in [2.45, 2.75) is 26.4 Å². The maximum atomic E-state index is 12.2. The summed E-state index contributed by atoms with van der Waals surface area (Å²) in [6, 6.07) is 19.7. The second-order valence-electron chi connectivity index (χ2n) is 6.34. The molecular formula is C17H23O4PSi. The van der Waals surface area contributed by atoms with Crippen molar-refractivity contribution in [2.75, 3.05) is 6.35 Å². The number of benzene rings is 2. The molecule has 0 fully saturated rings. The highest BCUT2D eigenvalue weighted by molar-refractivity contribution is 7.52. The third kappa shape index (κ3) is 6.05. The van der Waals surface area contributed by atoms with E-state index in [0.717, 1.165) is 10.4 Å². The zero-order valence-corrected chi connectivity index (χ0v) is 15.7. The topological polar surface area (TPSA) is 55.8 Å². The monoisotopic (exact) mass is 350 g/mol. The molecule has 2 aromatic carbocycles. The predicted molar refractivity (Wildman–Crippen MR) is 95.9 cm³/mol. The molecule has 2 rings (SSSR count). The van der Waals surface area contributed by atoms with Crippen LogP contribution in [0.5, 0.6) is 0 Å². The molecule has 0 saturated carbocycles. The average Bonchev–Trinajstić information content (AvgIpc) is 2.47. The van der Waals surface area contributed by atoms with E-state index in [2.05, 4.69) is 0 Å². The Kier molecular flexibility index (Phi) is 5.95. The molecule has 6 heteroatoms. The minimum atomic E-state index is -3.80. The molecule has 0 saturated heterocycles. The number of hydrogen-bond donors (Lipinski definition) is 1. The predicted octanol–water partition coefficient (Wildman–Crippen LogP) is 2.50. The van der Waals surface area contributed by atoms with Crippen molar-refractivity contribution in [3.8, 4) is 0 Å². The third-order valence-electron chi connectivity index (χ3n) is 3.03. The molecule has 0 heterocycles. The van der Waals surface area contributed by atoms with Gasteiger partial charge in [-0.15, -0.1) is 0 Å². The van der Waals surface area contributed by atoms with E-state index in [1.807, 2.05) is 60.7 Å². The van der Waals surface area contributed by atoms with Crippen LogP contribution in [0, 0.1) is 0 Å². The highest BCUT2D eigenvalue weighted by Gasteiger charge is 2.29. The van der Waals surface area contributed by atoms with Crippen molar-refractivity contribution in [1.82, 2.24) is 0 Å². The van der Waals surface area contributed by atoms with Crippen LogP contribution in [0.1, 0.15) is 20.8 Å². The molecule has 23 heavy (non-hydrogen) atoms. The zero-order chi connectivity index (χ0) is 16.9. The van der Waals surface area contributed by atoms with Gasteiger partial charge in [0.05, 0.1) is 5.60 Å². The lowest BCUT2D eigenvalue weighted by Gasteiger charge is -2.25. The summed E-state index contributed by atoms with van der Waals surface area (Å²) < 4.78 is 23.4. The van der Waals surface area contributed by atoms with Gasteiger partial charge in [-0.3, -0.25) is 4.57 Å². The largest absolute Gasteiger partial charge is 0.399 e. The lowest BCUT2D eigenvalue weighted by molar-refractivity contribution is 0.103. The Hall–Kier alpha value is -1.23. The summed E-state index contributed by atoms with van der Waals surface area (Å²) >= 11 is 0. The van der Waals surface area contributed by atoms with Gasteiger partial charge in [0.15, 0.2) is 0 Å². The Morgan fingerprint density at radius 3 is 1.78 bits per heavy atom. The van der Waals surface area contributed by atoms with E-state index >= 15 is 0 Å². The Morgan fingerprint density at radius 2 is 1.39 bits per heavy atom. The van der Waals surface area contributed by atoms with Gasteiger partial charge in [0.25, 0.3) is 0 Å². The van der Waals surface area contributed by atoms with Crippen LogP contribution in [-0.2, 0) is 13.5 Å². The smallest absolute Gasteiger partial charge is 0.352 e. The maximum absolute atomic E-state index is 12.2. The molecule has 1 unspecified atom stereocenters. The van der Waals surface area contributed by atoms with E-state index in [-0.39, 0.29) is 6.35 Å². The molecule has 0 aliphatic carbocycles. The summed E-state index contributed by atoms with van der Waals surface area (Å²) in [5, 5.41) is 2.13. The van der Waals surface area contributed by atoms with E-state index < -0.39 is 22.2 Å². The highest BCUT2D eigenvalue weighted by atomic mass is 31.2. The van der Waals surface area contributed by atoms with Gasteiger partial charge >= 0.3 is 7.60 Å². The van der Waals surface area contributed by atoms with Crippen LogP contribution in [-0.4, -0.2) is 25.9 Å². The van der Waals surface area contributed by atoms with Gasteiger partial charge in [0.1, 0.15) is 6.35 Å². The van der Waals surface area contributed by atoms with Crippen LogP contribution in [0.2, 0.25) is 0 Å². The van der Waals surface area contributed by atoms with Gasteiger partial charge in [0.2, 0.25) is 9.04 Å². The second kappa shape index (κ2) is 7.56. The van der Waals surface area contributed by atoms with Crippen molar-refractivity contribution < 1.29 is 18.4 Å². The van der Waals surface area contributed by atoms with Gasteiger partial charge in [-0.25, -0.2) is 0 Å². The van der Waals surface area contributed by atoms with E-state index in [1.54, 1.807) is 20.8 Å². The van der Waals surface area contributed by atoms with Crippen LogP contribution in [0.3, 0.4) is 0 Å². The molecule has 1 atom stereocenters. The van der Waals surface area contributed by atoms with E-state index in [4.69, 9.17) is 8.95 Å². The van der Waals surface area contributed by atoms with Crippen molar-refractivity contribution in [1.29, 1.82) is 0 Å². The Labute approximate surface area is 139 Å². The van der Waals surface area contributed by atoms with Gasteiger partial charge < -0.3 is 13.8 Å². The summed E-state index contributed by atoms with van der Waals surface area (Å²) in [4.78, 5) is 10.0. The summed E-state index contributed by atoms with van der Waals surface area (Å²) in [5.41, 5.74) is -0.690. The lowest BCUT2D eigenvalue weighted by atomic mass is 10.2. The molecule has 0 aliphatic heterocycles. The van der Waals surface area contributed by atoms with Crippen LogP contribution < -0.4 is 10.4 Å². The number of hydrogen-bond acceptors (Lipinski definition) is 3. The van der Waals surface area contributed by atoms with Gasteiger partial charge in [-0.05, 0) is 31.1 Å². The molecule has 2 aromatic rings. The van der Waals surface area contributed by atoms with Crippen LogP contribution in [0.4, 0.5) is 0 Å². The van der Waals surface area contributed by atoms with Crippen molar-refractivity contribution >= 4 is 27.0 Å². The van der Waals surface area contributed by atoms with Crippen LogP contribution >= 0.6 is 7.60 Å². The summed E-state index contributed by atoms with van der Waals surface area (Å²) in [6.45, 7) is 5.25. The lowest BCUT2D eigenvalue weighted by Crippen LogP contribution is -2.45. The highest BCUT2D eigenvalue weighted by Crippen LogP contribution is 2.45. The molecule has 4 nitrogen and oxygen atoms in total. The van der Waals surface area contributed by atoms with E-state index in [0.29, 0.717) is 0 Å². The maximum Gasteiger partial charge on any atom is 0.352 e. The minimum absolute atomic E-state index is 0.301. The fourth-order valence-corrected chi connectivity index (χ4v) is 6.44. The minimum Gasteiger partial charge on any atom is -0.399 e. The standard InChI is InChI=1S/C17H23O4PSi/c1-17(2,3)21-22(18,19)14-20-23(15-10-6-4-7-11-15)16-12-8-5-9-13-16/h4-13,23H,14H2,1-3H3,(H,18,19). The SMILES string of the molecule is CC(C)(C)OP(=O)(O)CO[SiH](c1ccccc1)c1ccccc1. The summed E-state index contributed by atoms with van der Waals surface area (Å²) in [5.74, 6) is 0. The third-order valence-corrected chi connectivity index (χ3v) is 7.10. The van der Waals surface area contributed by atoms with Crippen LogP contribution in [0.25, 0.3) is 0 Å². The van der Waals surface area contributed by atoms with Gasteiger partial charge in [-0.1, -0.05) is 60.7 Å².